The monoisotopic (exact) mass is 282 g/mol. The van der Waals surface area contributed by atoms with E-state index in [9.17, 15) is 9.59 Å². The Hall–Kier alpha value is -3.09. The van der Waals surface area contributed by atoms with E-state index in [1.807, 2.05) is 0 Å². The Morgan fingerprint density at radius 2 is 1.81 bits per heavy atom. The zero-order valence-electron chi connectivity index (χ0n) is 11.0. The van der Waals surface area contributed by atoms with E-state index in [4.69, 9.17) is 10.5 Å². The van der Waals surface area contributed by atoms with Gasteiger partial charge in [0.15, 0.2) is 5.76 Å². The Kier molecular flexibility index (Phi) is 2.94. The number of Topliss-reactive ketones (excluding diaryl/α,β-unsaturated/α-hetero) is 2. The molecule has 2 N–H and O–H groups in total. The van der Waals surface area contributed by atoms with E-state index in [1.54, 1.807) is 18.5 Å². The first-order valence-corrected chi connectivity index (χ1v) is 6.03. The number of carbonyl (C=O) groups excluding carboxylic acids is 2. The lowest BCUT2D eigenvalue weighted by molar-refractivity contribution is 0.0902. The number of hydrogen-bond acceptors (Lipinski definition) is 7. The highest BCUT2D eigenvalue weighted by atomic mass is 16.5. The number of ketones is 2. The fraction of sp³-hybridized carbons (Fsp3) is 0.0714. The first-order chi connectivity index (χ1) is 10.1. The van der Waals surface area contributed by atoms with E-state index >= 15 is 0 Å². The molecular weight excluding hydrogens is 272 g/mol. The fourth-order valence-corrected chi connectivity index (χ4v) is 2.09. The van der Waals surface area contributed by atoms with E-state index in [-0.39, 0.29) is 22.7 Å². The van der Waals surface area contributed by atoms with E-state index < -0.39 is 11.6 Å². The quantitative estimate of drug-likeness (QED) is 0.865. The number of allylic oxidation sites excluding steroid dienone is 2. The lowest BCUT2D eigenvalue weighted by Crippen LogP contribution is -2.28. The minimum atomic E-state index is -0.528. The molecule has 1 aliphatic rings. The molecule has 0 saturated carbocycles. The zero-order chi connectivity index (χ0) is 15.0. The van der Waals surface area contributed by atoms with Crippen molar-refractivity contribution >= 4 is 11.6 Å². The summed E-state index contributed by atoms with van der Waals surface area (Å²) in [7, 11) is 1.29. The van der Waals surface area contributed by atoms with Gasteiger partial charge in [-0.3, -0.25) is 9.59 Å². The normalized spacial score (nSPS) is 14.1. The molecule has 2 heterocycles. The van der Waals surface area contributed by atoms with Crippen molar-refractivity contribution in [1.82, 2.24) is 15.0 Å². The summed E-state index contributed by atoms with van der Waals surface area (Å²) in [6.45, 7) is 0. The van der Waals surface area contributed by atoms with Crippen LogP contribution in [0.3, 0.4) is 0 Å². The summed E-state index contributed by atoms with van der Waals surface area (Å²) in [5.74, 6) is -1.13. The highest BCUT2D eigenvalue weighted by Gasteiger charge is 2.33. The standard InChI is InChI=1S/C14H10N4O3/c1-21-14-10(15)13(20)11-8(12(14)19)2-3-9(18-11)7-4-16-6-17-5-7/h2-6H,15H2,1H3. The van der Waals surface area contributed by atoms with Crippen LogP contribution in [0, 0.1) is 0 Å². The number of rotatable bonds is 2. The molecule has 0 bridgehead atoms. The van der Waals surface area contributed by atoms with Crippen LogP contribution < -0.4 is 5.73 Å². The van der Waals surface area contributed by atoms with Gasteiger partial charge in [-0.1, -0.05) is 0 Å². The molecule has 0 aliphatic heterocycles. The topological polar surface area (TPSA) is 108 Å². The van der Waals surface area contributed by atoms with Gasteiger partial charge >= 0.3 is 0 Å². The Balaban J connectivity index is 2.15. The zero-order valence-corrected chi connectivity index (χ0v) is 11.0. The van der Waals surface area contributed by atoms with Crippen molar-refractivity contribution in [2.24, 2.45) is 5.73 Å². The van der Waals surface area contributed by atoms with E-state index in [2.05, 4.69) is 15.0 Å². The van der Waals surface area contributed by atoms with Crippen LogP contribution in [-0.2, 0) is 4.74 Å². The number of hydrogen-bond donors (Lipinski definition) is 1. The molecule has 3 rings (SSSR count). The average Bonchev–Trinajstić information content (AvgIpc) is 2.54. The average molecular weight is 282 g/mol. The molecule has 7 nitrogen and oxygen atoms in total. The lowest BCUT2D eigenvalue weighted by atomic mass is 9.95. The third-order valence-corrected chi connectivity index (χ3v) is 3.11. The van der Waals surface area contributed by atoms with Crippen molar-refractivity contribution in [2.45, 2.75) is 0 Å². The lowest BCUT2D eigenvalue weighted by Gasteiger charge is -2.17. The second kappa shape index (κ2) is 4.78. The Morgan fingerprint density at radius 1 is 1.10 bits per heavy atom. The molecule has 0 aromatic carbocycles. The second-order valence-corrected chi connectivity index (χ2v) is 4.32. The molecule has 0 amide bonds. The van der Waals surface area contributed by atoms with Crippen molar-refractivity contribution in [3.8, 4) is 11.3 Å². The predicted molar refractivity (Wildman–Crippen MR) is 72.1 cm³/mol. The minimum Gasteiger partial charge on any atom is -0.491 e. The second-order valence-electron chi connectivity index (χ2n) is 4.32. The highest BCUT2D eigenvalue weighted by molar-refractivity contribution is 6.25. The molecule has 0 saturated heterocycles. The van der Waals surface area contributed by atoms with Gasteiger partial charge in [0.1, 0.15) is 17.7 Å². The van der Waals surface area contributed by atoms with Crippen LogP contribution in [0.4, 0.5) is 0 Å². The molecule has 2 aromatic heterocycles. The minimum absolute atomic E-state index is 0.0136. The molecule has 0 atom stereocenters. The summed E-state index contributed by atoms with van der Waals surface area (Å²) >= 11 is 0. The summed E-state index contributed by atoms with van der Waals surface area (Å²) < 4.78 is 4.89. The first-order valence-electron chi connectivity index (χ1n) is 6.03. The largest absolute Gasteiger partial charge is 0.491 e. The Labute approximate surface area is 119 Å². The number of nitrogens with two attached hydrogens (primary N) is 1. The summed E-state index contributed by atoms with van der Waals surface area (Å²) in [4.78, 5) is 36.4. The third-order valence-electron chi connectivity index (χ3n) is 3.11. The summed E-state index contributed by atoms with van der Waals surface area (Å²) in [6.07, 6.45) is 4.52. The van der Waals surface area contributed by atoms with E-state index in [1.165, 1.54) is 19.5 Å². The number of ether oxygens (including phenoxy) is 1. The number of nitrogens with zero attached hydrogens (tertiary/aromatic N) is 3. The first kappa shape index (κ1) is 12.9. The molecule has 0 fully saturated rings. The maximum atomic E-state index is 12.2. The number of methoxy groups -OCH3 is 1. The van der Waals surface area contributed by atoms with E-state index in [0.29, 0.717) is 11.3 Å². The van der Waals surface area contributed by atoms with Gasteiger partial charge in [0.05, 0.1) is 18.4 Å². The number of carbonyl (C=O) groups is 2. The molecule has 0 unspecified atom stereocenters. The van der Waals surface area contributed by atoms with Crippen LogP contribution in [0.15, 0.2) is 42.3 Å². The van der Waals surface area contributed by atoms with Crippen molar-refractivity contribution in [3.63, 3.8) is 0 Å². The van der Waals surface area contributed by atoms with Crippen molar-refractivity contribution in [3.05, 3.63) is 53.6 Å². The van der Waals surface area contributed by atoms with Crippen LogP contribution in [0.1, 0.15) is 20.8 Å². The summed E-state index contributed by atoms with van der Waals surface area (Å²) in [6, 6.07) is 3.15. The SMILES string of the molecule is COC1=C(N)C(=O)c2nc(-c3cncnc3)ccc2C1=O. The van der Waals surface area contributed by atoms with Crippen molar-refractivity contribution in [1.29, 1.82) is 0 Å². The molecule has 2 aromatic rings. The highest BCUT2D eigenvalue weighted by Crippen LogP contribution is 2.25. The maximum Gasteiger partial charge on any atom is 0.232 e. The maximum absolute atomic E-state index is 12.2. The Bertz CT molecular complexity index is 784. The number of pyridine rings is 1. The predicted octanol–water partition coefficient (Wildman–Crippen LogP) is 0.734. The van der Waals surface area contributed by atoms with Gasteiger partial charge < -0.3 is 10.5 Å². The van der Waals surface area contributed by atoms with Gasteiger partial charge in [-0.15, -0.1) is 0 Å². The molecular formula is C14H10N4O3. The van der Waals surface area contributed by atoms with E-state index in [0.717, 1.165) is 0 Å². The van der Waals surface area contributed by atoms with Gasteiger partial charge in [-0.2, -0.15) is 0 Å². The molecule has 0 spiro atoms. The van der Waals surface area contributed by atoms with Gasteiger partial charge in [0, 0.05) is 18.0 Å². The molecule has 0 radical (unpaired) electrons. The molecule has 1 aliphatic carbocycles. The Morgan fingerprint density at radius 3 is 2.48 bits per heavy atom. The van der Waals surface area contributed by atoms with Crippen LogP contribution in [0.5, 0.6) is 0 Å². The van der Waals surface area contributed by atoms with Crippen LogP contribution >= 0.6 is 0 Å². The molecule has 7 heteroatoms. The summed E-state index contributed by atoms with van der Waals surface area (Å²) in [5, 5.41) is 0. The molecule has 104 valence electrons. The molecule has 21 heavy (non-hydrogen) atoms. The van der Waals surface area contributed by atoms with Crippen molar-refractivity contribution in [2.75, 3.05) is 7.11 Å². The van der Waals surface area contributed by atoms with Crippen molar-refractivity contribution < 1.29 is 14.3 Å². The summed E-state index contributed by atoms with van der Waals surface area (Å²) in [5.41, 5.74) is 6.73. The van der Waals surface area contributed by atoms with Crippen LogP contribution in [0.25, 0.3) is 11.3 Å². The van der Waals surface area contributed by atoms with Gasteiger partial charge in [-0.05, 0) is 12.1 Å². The van der Waals surface area contributed by atoms with Crippen LogP contribution in [-0.4, -0.2) is 33.6 Å². The number of fused-ring (bicyclic) bond motifs is 1. The van der Waals surface area contributed by atoms with Crippen LogP contribution in [0.2, 0.25) is 0 Å². The van der Waals surface area contributed by atoms with Gasteiger partial charge in [0.25, 0.3) is 0 Å². The third kappa shape index (κ3) is 1.95. The van der Waals surface area contributed by atoms with Gasteiger partial charge in [0.2, 0.25) is 11.6 Å². The smallest absolute Gasteiger partial charge is 0.232 e. The fourth-order valence-electron chi connectivity index (χ4n) is 2.09. The number of aromatic nitrogens is 3. The van der Waals surface area contributed by atoms with Gasteiger partial charge in [-0.25, -0.2) is 15.0 Å².